The number of hydrogen-bond acceptors (Lipinski definition) is 2. The van der Waals surface area contributed by atoms with Crippen molar-refractivity contribution in [1.29, 1.82) is 0 Å². The van der Waals surface area contributed by atoms with Gasteiger partial charge in [0.1, 0.15) is 11.3 Å². The average Bonchev–Trinajstić information content (AvgIpc) is 3.09. The number of imidazole rings is 1. The molecule has 0 radical (unpaired) electrons. The summed E-state index contributed by atoms with van der Waals surface area (Å²) in [5, 5.41) is -0.345. The second-order valence-corrected chi connectivity index (χ2v) is 7.22. The Bertz CT molecular complexity index is 665. The minimum Gasteiger partial charge on any atom is -0.323 e. The largest absolute Gasteiger partial charge is 0.323 e. The lowest BCUT2D eigenvalue weighted by molar-refractivity contribution is 0.509. The Labute approximate surface area is 125 Å². The summed E-state index contributed by atoms with van der Waals surface area (Å²) in [7, 11) is 0. The molecule has 108 valence electrons. The second kappa shape index (κ2) is 4.88. The summed E-state index contributed by atoms with van der Waals surface area (Å²) in [6.07, 6.45) is 4.22. The third kappa shape index (κ3) is 2.21. The Balaban J connectivity index is 2.20. The first-order valence-electron chi connectivity index (χ1n) is 6.51. The van der Waals surface area contributed by atoms with Crippen LogP contribution in [0.3, 0.4) is 0 Å². The highest BCUT2D eigenvalue weighted by atomic mass is 35.5. The average molecular weight is 317 g/mol. The molecule has 6 heteroatoms. The molecule has 0 saturated heterocycles. The van der Waals surface area contributed by atoms with Gasteiger partial charge in [-0.25, -0.2) is 13.8 Å². The molecule has 0 aliphatic heterocycles. The summed E-state index contributed by atoms with van der Waals surface area (Å²) in [5.74, 6) is -1.08. The van der Waals surface area contributed by atoms with E-state index in [0.29, 0.717) is 17.9 Å². The SMILES string of the molecule is CSC1(Cn2c(C(C)Cl)nc3ccc(F)c(F)c32)CC1. The van der Waals surface area contributed by atoms with E-state index in [2.05, 4.69) is 4.98 Å². The lowest BCUT2D eigenvalue weighted by Crippen LogP contribution is -2.17. The third-order valence-corrected chi connectivity index (χ3v) is 5.47. The Morgan fingerprint density at radius 2 is 2.15 bits per heavy atom. The molecule has 1 fully saturated rings. The van der Waals surface area contributed by atoms with Crippen molar-refractivity contribution < 1.29 is 8.78 Å². The van der Waals surface area contributed by atoms with Gasteiger partial charge in [-0.05, 0) is 38.2 Å². The van der Waals surface area contributed by atoms with E-state index in [1.54, 1.807) is 23.3 Å². The second-order valence-electron chi connectivity index (χ2n) is 5.29. The van der Waals surface area contributed by atoms with Crippen LogP contribution in [0.2, 0.25) is 0 Å². The minimum atomic E-state index is -0.846. The number of aromatic nitrogens is 2. The monoisotopic (exact) mass is 316 g/mol. The topological polar surface area (TPSA) is 17.8 Å². The third-order valence-electron chi connectivity index (χ3n) is 3.87. The smallest absolute Gasteiger partial charge is 0.184 e. The van der Waals surface area contributed by atoms with Crippen molar-refractivity contribution >= 4 is 34.4 Å². The maximum absolute atomic E-state index is 14.1. The van der Waals surface area contributed by atoms with Crippen molar-refractivity contribution in [1.82, 2.24) is 9.55 Å². The van der Waals surface area contributed by atoms with Crippen molar-refractivity contribution in [2.45, 2.75) is 36.4 Å². The molecule has 0 spiro atoms. The van der Waals surface area contributed by atoms with Gasteiger partial charge in [0.2, 0.25) is 0 Å². The van der Waals surface area contributed by atoms with Crippen LogP contribution in [0.25, 0.3) is 11.0 Å². The molecule has 0 bridgehead atoms. The number of thioether (sulfide) groups is 1. The van der Waals surface area contributed by atoms with Gasteiger partial charge >= 0.3 is 0 Å². The van der Waals surface area contributed by atoms with E-state index < -0.39 is 11.6 Å². The predicted molar refractivity (Wildman–Crippen MR) is 79.4 cm³/mol. The maximum Gasteiger partial charge on any atom is 0.184 e. The van der Waals surface area contributed by atoms with E-state index in [0.717, 1.165) is 18.9 Å². The summed E-state index contributed by atoms with van der Waals surface area (Å²) in [6.45, 7) is 2.42. The van der Waals surface area contributed by atoms with Gasteiger partial charge in [0.05, 0.1) is 10.9 Å². The van der Waals surface area contributed by atoms with Crippen molar-refractivity contribution in [2.24, 2.45) is 0 Å². The molecule has 0 N–H and O–H groups in total. The van der Waals surface area contributed by atoms with Crippen molar-refractivity contribution in [3.05, 3.63) is 29.6 Å². The van der Waals surface area contributed by atoms with Crippen LogP contribution >= 0.6 is 23.4 Å². The zero-order valence-electron chi connectivity index (χ0n) is 11.3. The fourth-order valence-electron chi connectivity index (χ4n) is 2.49. The highest BCUT2D eigenvalue weighted by Crippen LogP contribution is 2.49. The summed E-state index contributed by atoms with van der Waals surface area (Å²) in [5.41, 5.74) is 0.691. The van der Waals surface area contributed by atoms with E-state index >= 15 is 0 Å². The molecule has 1 aromatic heterocycles. The van der Waals surface area contributed by atoms with Gasteiger partial charge < -0.3 is 4.57 Å². The summed E-state index contributed by atoms with van der Waals surface area (Å²) in [4.78, 5) is 4.38. The Kier molecular flexibility index (Phi) is 3.45. The van der Waals surface area contributed by atoms with Crippen molar-refractivity contribution in [3.8, 4) is 0 Å². The van der Waals surface area contributed by atoms with Crippen molar-refractivity contribution in [3.63, 3.8) is 0 Å². The molecule has 2 aromatic rings. The molecular formula is C14H15ClF2N2S. The molecule has 0 amide bonds. The zero-order chi connectivity index (χ0) is 14.5. The van der Waals surface area contributed by atoms with Crippen molar-refractivity contribution in [2.75, 3.05) is 6.26 Å². The number of halogens is 3. The lowest BCUT2D eigenvalue weighted by Gasteiger charge is -2.17. The van der Waals surface area contributed by atoms with Gasteiger partial charge in [-0.3, -0.25) is 0 Å². The molecule has 3 rings (SSSR count). The number of hydrogen-bond donors (Lipinski definition) is 0. The van der Waals surface area contributed by atoms with Crippen LogP contribution in [0.1, 0.15) is 31.0 Å². The van der Waals surface area contributed by atoms with Gasteiger partial charge in [-0.15, -0.1) is 11.6 Å². The number of fused-ring (bicyclic) bond motifs is 1. The van der Waals surface area contributed by atoms with Gasteiger partial charge in [-0.2, -0.15) is 11.8 Å². The molecule has 2 nitrogen and oxygen atoms in total. The molecule has 1 aromatic carbocycles. The number of rotatable bonds is 4. The van der Waals surface area contributed by atoms with E-state index in [1.165, 1.54) is 6.07 Å². The lowest BCUT2D eigenvalue weighted by atomic mass is 10.2. The van der Waals surface area contributed by atoms with Crippen LogP contribution in [0.4, 0.5) is 8.78 Å². The summed E-state index contributed by atoms with van der Waals surface area (Å²) in [6, 6.07) is 2.62. The van der Waals surface area contributed by atoms with Crippen LogP contribution in [-0.4, -0.2) is 20.6 Å². The van der Waals surface area contributed by atoms with Crippen LogP contribution in [0.5, 0.6) is 0 Å². The fourth-order valence-corrected chi connectivity index (χ4v) is 3.43. The van der Waals surface area contributed by atoms with Crippen LogP contribution in [-0.2, 0) is 6.54 Å². The van der Waals surface area contributed by atoms with Crippen LogP contribution in [0, 0.1) is 11.6 Å². The maximum atomic E-state index is 14.1. The van der Waals surface area contributed by atoms with Gasteiger partial charge in [0, 0.05) is 11.3 Å². The Hall–Kier alpha value is -0.810. The highest BCUT2D eigenvalue weighted by Gasteiger charge is 2.43. The summed E-state index contributed by atoms with van der Waals surface area (Å²) < 4.78 is 29.5. The number of alkyl halides is 1. The van der Waals surface area contributed by atoms with Crippen LogP contribution in [0.15, 0.2) is 12.1 Å². The molecule has 1 saturated carbocycles. The van der Waals surface area contributed by atoms with E-state index in [1.807, 2.05) is 6.26 Å². The first-order chi connectivity index (χ1) is 9.47. The minimum absolute atomic E-state index is 0.118. The van der Waals surface area contributed by atoms with Gasteiger partial charge in [-0.1, -0.05) is 0 Å². The molecule has 1 atom stereocenters. The fraction of sp³-hybridized carbons (Fsp3) is 0.500. The molecule has 1 heterocycles. The van der Waals surface area contributed by atoms with Gasteiger partial charge in [0.25, 0.3) is 0 Å². The molecule has 1 unspecified atom stereocenters. The first kappa shape index (κ1) is 14.1. The predicted octanol–water partition coefficient (Wildman–Crippen LogP) is 4.51. The highest BCUT2D eigenvalue weighted by molar-refractivity contribution is 8.00. The number of benzene rings is 1. The van der Waals surface area contributed by atoms with E-state index in [9.17, 15) is 8.78 Å². The zero-order valence-corrected chi connectivity index (χ0v) is 12.9. The summed E-state index contributed by atoms with van der Waals surface area (Å²) >= 11 is 7.93. The Morgan fingerprint density at radius 3 is 2.70 bits per heavy atom. The normalized spacial score (nSPS) is 18.4. The number of nitrogens with zero attached hydrogens (tertiary/aromatic N) is 2. The van der Waals surface area contributed by atoms with E-state index in [4.69, 9.17) is 11.6 Å². The molecular weight excluding hydrogens is 302 g/mol. The quantitative estimate of drug-likeness (QED) is 0.772. The van der Waals surface area contributed by atoms with E-state index in [-0.39, 0.29) is 15.6 Å². The molecule has 1 aliphatic carbocycles. The molecule has 20 heavy (non-hydrogen) atoms. The standard InChI is InChI=1S/C14H15ClF2N2S/c1-8(15)13-18-10-4-3-9(16)11(17)12(10)19(13)7-14(20-2)5-6-14/h3-4,8H,5-7H2,1-2H3. The molecule has 1 aliphatic rings. The van der Waals surface area contributed by atoms with Crippen LogP contribution < -0.4 is 0 Å². The van der Waals surface area contributed by atoms with Gasteiger partial charge in [0.15, 0.2) is 11.6 Å². The Morgan fingerprint density at radius 1 is 1.45 bits per heavy atom. The first-order valence-corrected chi connectivity index (χ1v) is 8.17.